The number of rotatable bonds is 7. The van der Waals surface area contributed by atoms with Crippen LogP contribution in [0.25, 0.3) is 0 Å². The zero-order valence-electron chi connectivity index (χ0n) is 21.5. The van der Waals surface area contributed by atoms with Crippen LogP contribution in [0.1, 0.15) is 69.8 Å². The highest BCUT2D eigenvalue weighted by Crippen LogP contribution is 2.17. The number of allylic oxidation sites excluding steroid dienone is 2. The normalized spacial score (nSPS) is 25.5. The van der Waals surface area contributed by atoms with Crippen LogP contribution >= 0.6 is 0 Å². The standard InChI is InChI=1S/C28H41N3O5/c1-31-19-11-5-3-2-4-9-15-23(21-25(32)30-36-26-16-10-12-20-35-26)27(33)29-24(28(31)34)18-17-22-13-7-6-8-14-22/h2-3,6-8,13-14,23-24,26H,4-5,9-12,15-21H2,1H3,(H,29,33)(H,30,32)/b3-2+/t23-,24+,26?/m1/s1. The van der Waals surface area contributed by atoms with Crippen molar-refractivity contribution >= 4 is 17.7 Å². The number of nitrogens with zero attached hydrogens (tertiary/aromatic N) is 1. The van der Waals surface area contributed by atoms with Gasteiger partial charge in [-0.25, -0.2) is 10.3 Å². The highest BCUT2D eigenvalue weighted by Gasteiger charge is 2.29. The van der Waals surface area contributed by atoms with Gasteiger partial charge in [0.05, 0.1) is 0 Å². The molecule has 1 aromatic rings. The second kappa shape index (κ2) is 15.4. The summed E-state index contributed by atoms with van der Waals surface area (Å²) in [4.78, 5) is 46.4. The third kappa shape index (κ3) is 9.74. The fourth-order valence-corrected chi connectivity index (χ4v) is 4.57. The Labute approximate surface area is 214 Å². The molecule has 2 heterocycles. The number of hydrogen-bond acceptors (Lipinski definition) is 5. The molecule has 36 heavy (non-hydrogen) atoms. The van der Waals surface area contributed by atoms with Gasteiger partial charge in [0.15, 0.2) is 6.29 Å². The number of hydrogen-bond donors (Lipinski definition) is 2. The molecule has 2 N–H and O–H groups in total. The molecule has 0 radical (unpaired) electrons. The molecule has 1 saturated heterocycles. The Bertz CT molecular complexity index is 854. The lowest BCUT2D eigenvalue weighted by atomic mass is 9.95. The topological polar surface area (TPSA) is 97.0 Å². The van der Waals surface area contributed by atoms with Crippen molar-refractivity contribution in [3.05, 3.63) is 48.0 Å². The lowest BCUT2D eigenvalue weighted by molar-refractivity contribution is -0.200. The zero-order chi connectivity index (χ0) is 25.6. The minimum Gasteiger partial charge on any atom is -0.350 e. The lowest BCUT2D eigenvalue weighted by Gasteiger charge is -2.27. The Morgan fingerprint density at radius 1 is 1.08 bits per heavy atom. The first kappa shape index (κ1) is 27.9. The van der Waals surface area contributed by atoms with Crippen molar-refractivity contribution < 1.29 is 24.0 Å². The maximum Gasteiger partial charge on any atom is 0.244 e. The number of benzene rings is 1. The van der Waals surface area contributed by atoms with E-state index in [1.807, 2.05) is 30.3 Å². The molecule has 3 rings (SSSR count). The van der Waals surface area contributed by atoms with Crippen LogP contribution in [0.3, 0.4) is 0 Å². The third-order valence-electron chi connectivity index (χ3n) is 6.75. The van der Waals surface area contributed by atoms with Gasteiger partial charge in [0, 0.05) is 39.0 Å². The first-order valence-electron chi connectivity index (χ1n) is 13.3. The number of amides is 3. The molecule has 198 valence electrons. The van der Waals surface area contributed by atoms with Crippen molar-refractivity contribution in [3.63, 3.8) is 0 Å². The first-order valence-corrected chi connectivity index (χ1v) is 13.3. The second-order valence-corrected chi connectivity index (χ2v) is 9.73. The number of nitrogens with one attached hydrogen (secondary N) is 2. The molecule has 3 atom stereocenters. The summed E-state index contributed by atoms with van der Waals surface area (Å²) in [6.45, 7) is 1.25. The van der Waals surface area contributed by atoms with Crippen LogP contribution in [0.2, 0.25) is 0 Å². The molecule has 2 aliphatic rings. The molecule has 3 amide bonds. The highest BCUT2D eigenvalue weighted by molar-refractivity contribution is 5.90. The van der Waals surface area contributed by atoms with Crippen LogP contribution < -0.4 is 10.8 Å². The van der Waals surface area contributed by atoms with Crippen molar-refractivity contribution in [3.8, 4) is 0 Å². The van der Waals surface area contributed by atoms with Gasteiger partial charge in [-0.2, -0.15) is 0 Å². The lowest BCUT2D eigenvalue weighted by Crippen LogP contribution is -2.50. The van der Waals surface area contributed by atoms with E-state index < -0.39 is 18.2 Å². The van der Waals surface area contributed by atoms with Gasteiger partial charge < -0.3 is 15.0 Å². The van der Waals surface area contributed by atoms with Crippen LogP contribution in [0.5, 0.6) is 0 Å². The number of ether oxygens (including phenoxy) is 1. The van der Waals surface area contributed by atoms with Gasteiger partial charge in [-0.15, -0.1) is 0 Å². The largest absolute Gasteiger partial charge is 0.350 e. The van der Waals surface area contributed by atoms with Crippen LogP contribution in [0.15, 0.2) is 42.5 Å². The molecule has 0 saturated carbocycles. The van der Waals surface area contributed by atoms with E-state index in [1.54, 1.807) is 11.9 Å². The Kier molecular flexibility index (Phi) is 11.9. The van der Waals surface area contributed by atoms with Crippen LogP contribution in [-0.2, 0) is 30.4 Å². The summed E-state index contributed by atoms with van der Waals surface area (Å²) in [5.41, 5.74) is 3.58. The number of hydroxylamine groups is 1. The summed E-state index contributed by atoms with van der Waals surface area (Å²) in [6, 6.07) is 9.30. The Balaban J connectivity index is 1.65. The maximum atomic E-state index is 13.4. The Morgan fingerprint density at radius 3 is 2.61 bits per heavy atom. The first-order chi connectivity index (χ1) is 17.5. The molecule has 2 aliphatic heterocycles. The number of carbonyl (C=O) groups excluding carboxylic acids is 3. The average molecular weight is 500 g/mol. The van der Waals surface area contributed by atoms with Crippen LogP contribution in [0, 0.1) is 5.92 Å². The van der Waals surface area contributed by atoms with Gasteiger partial charge in [0.2, 0.25) is 17.7 Å². The summed E-state index contributed by atoms with van der Waals surface area (Å²) in [5, 5.41) is 2.99. The van der Waals surface area contributed by atoms with Gasteiger partial charge in [-0.1, -0.05) is 42.5 Å². The van der Waals surface area contributed by atoms with Crippen molar-refractivity contribution in [1.29, 1.82) is 0 Å². The molecule has 8 heteroatoms. The van der Waals surface area contributed by atoms with Crippen molar-refractivity contribution in [2.24, 2.45) is 5.92 Å². The minimum absolute atomic E-state index is 0.00228. The fraction of sp³-hybridized carbons (Fsp3) is 0.607. The summed E-state index contributed by atoms with van der Waals surface area (Å²) in [5.74, 6) is -1.26. The predicted octanol–water partition coefficient (Wildman–Crippen LogP) is 3.66. The minimum atomic E-state index is -0.640. The summed E-state index contributed by atoms with van der Waals surface area (Å²) in [6.07, 6.45) is 11.7. The van der Waals surface area contributed by atoms with E-state index in [2.05, 4.69) is 22.9 Å². The summed E-state index contributed by atoms with van der Waals surface area (Å²) < 4.78 is 5.49. The third-order valence-corrected chi connectivity index (χ3v) is 6.75. The summed E-state index contributed by atoms with van der Waals surface area (Å²) in [7, 11) is 1.79. The van der Waals surface area contributed by atoms with E-state index in [9.17, 15) is 14.4 Å². The number of carbonyl (C=O) groups is 3. The van der Waals surface area contributed by atoms with Gasteiger partial charge in [-0.3, -0.25) is 14.4 Å². The molecule has 1 unspecified atom stereocenters. The smallest absolute Gasteiger partial charge is 0.244 e. The van der Waals surface area contributed by atoms with Gasteiger partial charge in [-0.05, 0) is 63.4 Å². The molecular weight excluding hydrogens is 458 g/mol. The van der Waals surface area contributed by atoms with Crippen LogP contribution in [0.4, 0.5) is 0 Å². The monoisotopic (exact) mass is 499 g/mol. The van der Waals surface area contributed by atoms with E-state index in [4.69, 9.17) is 9.57 Å². The maximum absolute atomic E-state index is 13.4. The molecule has 0 aliphatic carbocycles. The molecule has 0 bridgehead atoms. The van der Waals surface area contributed by atoms with Crippen molar-refractivity contribution in [1.82, 2.24) is 15.7 Å². The van der Waals surface area contributed by atoms with E-state index in [0.717, 1.165) is 50.5 Å². The zero-order valence-corrected chi connectivity index (χ0v) is 21.5. The van der Waals surface area contributed by atoms with Crippen molar-refractivity contribution in [2.75, 3.05) is 20.2 Å². The molecule has 1 fully saturated rings. The number of likely N-dealkylation sites (N-methyl/N-ethyl adjacent to an activating group) is 1. The quantitative estimate of drug-likeness (QED) is 0.441. The van der Waals surface area contributed by atoms with E-state index in [1.165, 1.54) is 0 Å². The summed E-state index contributed by atoms with van der Waals surface area (Å²) >= 11 is 0. The Morgan fingerprint density at radius 2 is 1.86 bits per heavy atom. The van der Waals surface area contributed by atoms with Gasteiger partial charge in [0.1, 0.15) is 6.04 Å². The molecule has 0 spiro atoms. The predicted molar refractivity (Wildman–Crippen MR) is 137 cm³/mol. The van der Waals surface area contributed by atoms with E-state index in [-0.39, 0.29) is 24.1 Å². The molecule has 8 nitrogen and oxygen atoms in total. The average Bonchev–Trinajstić information content (AvgIpc) is 2.90. The van der Waals surface area contributed by atoms with E-state index >= 15 is 0 Å². The Hall–Kier alpha value is -2.71. The van der Waals surface area contributed by atoms with Crippen LogP contribution in [-0.4, -0.2) is 55.2 Å². The van der Waals surface area contributed by atoms with E-state index in [0.29, 0.717) is 32.4 Å². The van der Waals surface area contributed by atoms with Gasteiger partial charge >= 0.3 is 0 Å². The van der Waals surface area contributed by atoms with Crippen molar-refractivity contribution in [2.45, 2.75) is 83.0 Å². The molecule has 0 aromatic heterocycles. The highest BCUT2D eigenvalue weighted by atomic mass is 16.8. The molecule has 1 aromatic carbocycles. The SMILES string of the molecule is CN1CCC/C=C/CCC[C@H](CC(=O)NOC2CCCCO2)C(=O)N[C@@H](CCc2ccccc2)C1=O. The van der Waals surface area contributed by atoms with Gasteiger partial charge in [0.25, 0.3) is 0 Å². The second-order valence-electron chi connectivity index (χ2n) is 9.73. The fourth-order valence-electron chi connectivity index (χ4n) is 4.57. The molecular formula is C28H41N3O5. The number of aryl methyl sites for hydroxylation is 1.